The Morgan fingerprint density at radius 1 is 1.15 bits per heavy atom. The Bertz CT molecular complexity index is 1330. The quantitative estimate of drug-likeness (QED) is 0.472. The smallest absolute Gasteiger partial charge is 0.262 e. The average Bonchev–Trinajstić information content (AvgIpc) is 3.52. The average molecular weight is 446 g/mol. The molecule has 11 heteroatoms. The second-order valence-corrected chi connectivity index (χ2v) is 8.11. The molecule has 0 unspecified atom stereocenters. The van der Waals surface area contributed by atoms with Gasteiger partial charge in [0.15, 0.2) is 5.76 Å². The highest BCUT2D eigenvalue weighted by atomic mass is 16.5. The Morgan fingerprint density at radius 2 is 1.91 bits per heavy atom. The first kappa shape index (κ1) is 20.8. The van der Waals surface area contributed by atoms with Gasteiger partial charge in [-0.1, -0.05) is 11.2 Å². The minimum absolute atomic E-state index is 0.107. The Hall–Kier alpha value is -4.12. The molecular formula is C22H22N8O3. The molecule has 2 N–H and O–H groups in total. The molecule has 1 aliphatic heterocycles. The van der Waals surface area contributed by atoms with Crippen molar-refractivity contribution in [3.8, 4) is 22.8 Å². The molecule has 0 saturated carbocycles. The maximum Gasteiger partial charge on any atom is 0.262 e. The molecule has 4 aromatic heterocycles. The molecule has 11 nitrogen and oxygen atoms in total. The van der Waals surface area contributed by atoms with E-state index in [0.717, 1.165) is 5.69 Å². The molecule has 2 atom stereocenters. The molecule has 0 aromatic carbocycles. The van der Waals surface area contributed by atoms with Crippen molar-refractivity contribution in [2.75, 3.05) is 12.4 Å². The second-order valence-electron chi connectivity index (χ2n) is 8.11. The van der Waals surface area contributed by atoms with Gasteiger partial charge in [0, 0.05) is 45.0 Å². The minimum Gasteiger partial charge on any atom is -0.373 e. The maximum atomic E-state index is 12.5. The van der Waals surface area contributed by atoms with Gasteiger partial charge in [0.25, 0.3) is 5.91 Å². The zero-order valence-electron chi connectivity index (χ0n) is 18.3. The van der Waals surface area contributed by atoms with Crippen molar-refractivity contribution in [1.29, 1.82) is 0 Å². The number of likely N-dealkylation sites (tertiary alicyclic amines) is 1. The lowest BCUT2D eigenvalue weighted by atomic mass is 9.96. The van der Waals surface area contributed by atoms with Gasteiger partial charge < -0.3 is 19.8 Å². The van der Waals surface area contributed by atoms with Crippen molar-refractivity contribution < 1.29 is 14.4 Å². The molecule has 168 valence electrons. The summed E-state index contributed by atoms with van der Waals surface area (Å²) in [5.74, 6) is 0.113. The second kappa shape index (κ2) is 7.78. The lowest BCUT2D eigenvalue weighted by molar-refractivity contribution is -0.145. The van der Waals surface area contributed by atoms with Crippen LogP contribution in [-0.4, -0.2) is 58.9 Å². The van der Waals surface area contributed by atoms with Gasteiger partial charge in [0.2, 0.25) is 11.5 Å². The van der Waals surface area contributed by atoms with Gasteiger partial charge in [0.1, 0.15) is 5.69 Å². The fourth-order valence-corrected chi connectivity index (χ4v) is 3.84. The molecule has 0 spiro atoms. The topological polar surface area (TPSA) is 135 Å². The lowest BCUT2D eigenvalue weighted by Crippen LogP contribution is -2.36. The van der Waals surface area contributed by atoms with Crippen LogP contribution in [-0.2, 0) is 17.4 Å². The predicted molar refractivity (Wildman–Crippen MR) is 118 cm³/mol. The van der Waals surface area contributed by atoms with Gasteiger partial charge in [-0.15, -0.1) is 0 Å². The summed E-state index contributed by atoms with van der Waals surface area (Å²) in [5.41, 5.74) is 1.21. The molecule has 33 heavy (non-hydrogen) atoms. The summed E-state index contributed by atoms with van der Waals surface area (Å²) in [6.07, 6.45) is 5.37. The van der Waals surface area contributed by atoms with E-state index in [0.29, 0.717) is 28.7 Å². The van der Waals surface area contributed by atoms with Gasteiger partial charge in [-0.2, -0.15) is 5.10 Å². The van der Waals surface area contributed by atoms with E-state index in [1.807, 2.05) is 32.3 Å². The van der Waals surface area contributed by atoms with Crippen LogP contribution in [0.3, 0.4) is 0 Å². The number of aliphatic hydroxyl groups is 1. The monoisotopic (exact) mass is 446 g/mol. The molecule has 4 aromatic rings. The third kappa shape index (κ3) is 3.72. The van der Waals surface area contributed by atoms with E-state index >= 15 is 0 Å². The molecule has 1 aliphatic rings. The normalized spacial score (nSPS) is 20.4. The fourth-order valence-electron chi connectivity index (χ4n) is 3.84. The van der Waals surface area contributed by atoms with Gasteiger partial charge in [-0.3, -0.25) is 9.48 Å². The van der Waals surface area contributed by atoms with E-state index in [1.54, 1.807) is 42.3 Å². The number of hydrogen-bond acceptors (Lipinski definition) is 9. The molecule has 5 heterocycles. The molecule has 1 saturated heterocycles. The van der Waals surface area contributed by atoms with Crippen molar-refractivity contribution in [3.05, 3.63) is 54.7 Å². The third-order valence-electron chi connectivity index (χ3n) is 5.73. The molecule has 0 bridgehead atoms. The summed E-state index contributed by atoms with van der Waals surface area (Å²) in [7, 11) is 3.49. The Balaban J connectivity index is 1.42. The van der Waals surface area contributed by atoms with E-state index in [4.69, 9.17) is 4.52 Å². The molecule has 1 amide bonds. The van der Waals surface area contributed by atoms with Crippen molar-refractivity contribution in [2.45, 2.75) is 25.0 Å². The molecule has 0 radical (unpaired) electrons. The van der Waals surface area contributed by atoms with Crippen molar-refractivity contribution in [2.24, 2.45) is 7.05 Å². The molecule has 5 rings (SSSR count). The summed E-state index contributed by atoms with van der Waals surface area (Å²) >= 11 is 0. The first-order valence-electron chi connectivity index (χ1n) is 10.4. The standard InChI is InChI=1S/C22H22N8O3/c1-13-10-22(32,20(31)30(13)3)19-9-18(28-33-19)16-6-4-5-15(26-16)17-7-8-23-21(27-17)25-14-11-24-29(2)12-14/h4-9,11-13,32H,10H2,1-3H3,(H,23,25,27)/t13-,22-/m1/s1. The van der Waals surface area contributed by atoms with Crippen LogP contribution >= 0.6 is 0 Å². The number of aryl methyl sites for hydroxylation is 1. The summed E-state index contributed by atoms with van der Waals surface area (Å²) in [5, 5.41) is 22.2. The molecular weight excluding hydrogens is 424 g/mol. The van der Waals surface area contributed by atoms with E-state index in [2.05, 4.69) is 30.5 Å². The van der Waals surface area contributed by atoms with Crippen LogP contribution in [0.15, 0.2) is 53.4 Å². The summed E-state index contributed by atoms with van der Waals surface area (Å²) < 4.78 is 7.05. The fraction of sp³-hybridized carbons (Fsp3) is 0.273. The Labute approximate surface area is 189 Å². The zero-order valence-corrected chi connectivity index (χ0v) is 18.3. The van der Waals surface area contributed by atoms with Crippen molar-refractivity contribution >= 4 is 17.5 Å². The third-order valence-corrected chi connectivity index (χ3v) is 5.73. The molecule has 1 fully saturated rings. The lowest BCUT2D eigenvalue weighted by Gasteiger charge is -2.16. The summed E-state index contributed by atoms with van der Waals surface area (Å²) in [4.78, 5) is 27.5. The highest BCUT2D eigenvalue weighted by Crippen LogP contribution is 2.37. The summed E-state index contributed by atoms with van der Waals surface area (Å²) in [6, 6.07) is 8.64. The number of pyridine rings is 1. The number of carbonyl (C=O) groups excluding carboxylic acids is 1. The van der Waals surface area contributed by atoms with Crippen LogP contribution in [0.5, 0.6) is 0 Å². The van der Waals surface area contributed by atoms with E-state index in [9.17, 15) is 9.90 Å². The van der Waals surface area contributed by atoms with Gasteiger partial charge in [-0.25, -0.2) is 15.0 Å². The van der Waals surface area contributed by atoms with Gasteiger partial charge >= 0.3 is 0 Å². The van der Waals surface area contributed by atoms with Crippen molar-refractivity contribution in [3.63, 3.8) is 0 Å². The van der Waals surface area contributed by atoms with Crippen LogP contribution < -0.4 is 5.32 Å². The minimum atomic E-state index is -1.73. The highest BCUT2D eigenvalue weighted by Gasteiger charge is 2.51. The molecule has 0 aliphatic carbocycles. The number of aromatic nitrogens is 6. The number of hydrogen-bond donors (Lipinski definition) is 2. The number of anilines is 2. The maximum absolute atomic E-state index is 12.5. The predicted octanol–water partition coefficient (Wildman–Crippen LogP) is 2.11. The number of amides is 1. The number of likely N-dealkylation sites (N-methyl/N-ethyl adjacent to an activating group) is 1. The number of rotatable bonds is 5. The van der Waals surface area contributed by atoms with Crippen LogP contribution in [0.4, 0.5) is 11.6 Å². The van der Waals surface area contributed by atoms with E-state index in [1.165, 1.54) is 4.90 Å². The van der Waals surface area contributed by atoms with Crippen LogP contribution in [0.25, 0.3) is 22.8 Å². The van der Waals surface area contributed by atoms with Crippen LogP contribution in [0.1, 0.15) is 19.1 Å². The summed E-state index contributed by atoms with van der Waals surface area (Å²) in [6.45, 7) is 1.87. The van der Waals surface area contributed by atoms with Gasteiger partial charge in [0.05, 0.1) is 29.0 Å². The largest absolute Gasteiger partial charge is 0.373 e. The number of nitrogens with one attached hydrogen (secondary N) is 1. The van der Waals surface area contributed by atoms with E-state index < -0.39 is 11.5 Å². The Morgan fingerprint density at radius 3 is 2.61 bits per heavy atom. The van der Waals surface area contributed by atoms with E-state index in [-0.39, 0.29) is 18.2 Å². The van der Waals surface area contributed by atoms with Gasteiger partial charge in [-0.05, 0) is 25.1 Å². The number of nitrogens with zero attached hydrogens (tertiary/aromatic N) is 7. The highest BCUT2D eigenvalue weighted by molar-refractivity contribution is 5.88. The zero-order chi connectivity index (χ0) is 23.2. The number of carbonyl (C=O) groups is 1. The first-order valence-corrected chi connectivity index (χ1v) is 10.4. The van der Waals surface area contributed by atoms with Crippen molar-refractivity contribution in [1.82, 2.24) is 34.8 Å². The SMILES string of the molecule is C[C@@H]1C[C@@](O)(c2cc(-c3cccc(-c4ccnc(Nc5cnn(C)c5)n4)n3)no2)C(=O)N1C. The Kier molecular flexibility index (Phi) is 4.90. The first-order chi connectivity index (χ1) is 15.8. The van der Waals surface area contributed by atoms with Crippen LogP contribution in [0, 0.1) is 0 Å². The van der Waals surface area contributed by atoms with Crippen LogP contribution in [0.2, 0.25) is 0 Å².